The molecule has 5 heterocycles. The van der Waals surface area contributed by atoms with Gasteiger partial charge in [-0.25, -0.2) is 0 Å². The molecule has 23 rings (SSSR count). The number of aromatic nitrogens is 2. The molecule has 18 aromatic carbocycles. The number of fused-ring (bicyclic) bond motifs is 13. The summed E-state index contributed by atoms with van der Waals surface area (Å²) < 4.78 is 11.6. The van der Waals surface area contributed by atoms with Crippen LogP contribution in [-0.4, -0.2) is 15.8 Å². The van der Waals surface area contributed by atoms with E-state index in [-0.39, 0.29) is 17.5 Å². The van der Waals surface area contributed by atoms with E-state index in [0.29, 0.717) is 0 Å². The highest BCUT2D eigenvalue weighted by Gasteiger charge is 2.46. The molecule has 122 heavy (non-hydrogen) atoms. The van der Waals surface area contributed by atoms with E-state index < -0.39 is 0 Å². The molecular formula is C116H85BN4O. The first-order valence-corrected chi connectivity index (χ1v) is 42.6. The van der Waals surface area contributed by atoms with E-state index in [9.17, 15) is 0 Å². The number of benzene rings is 18. The zero-order valence-corrected chi connectivity index (χ0v) is 69.0. The third-order valence-corrected chi connectivity index (χ3v) is 25.8. The number of hydrogen-bond acceptors (Lipinski definition) is 3. The molecule has 0 saturated carbocycles. The Labute approximate surface area is 711 Å². The summed E-state index contributed by atoms with van der Waals surface area (Å²) >= 11 is 0. The third kappa shape index (κ3) is 11.9. The quantitative estimate of drug-likeness (QED) is 0.114. The topological polar surface area (TPSA) is 29.5 Å². The largest absolute Gasteiger partial charge is 0.456 e. The summed E-state index contributed by atoms with van der Waals surface area (Å²) in [6, 6.07) is 153. The lowest BCUT2D eigenvalue weighted by molar-refractivity contribution is 0.590. The van der Waals surface area contributed by atoms with Crippen molar-refractivity contribution in [2.45, 2.75) is 52.4 Å². The van der Waals surface area contributed by atoms with E-state index in [2.05, 4.69) is 467 Å². The number of nitrogens with zero attached hydrogens (tertiary/aromatic N) is 4. The summed E-state index contributed by atoms with van der Waals surface area (Å²) in [6.45, 7) is 13.5. The van der Waals surface area contributed by atoms with E-state index >= 15 is 0 Å². The van der Waals surface area contributed by atoms with Gasteiger partial charge in [-0.1, -0.05) is 333 Å². The molecule has 0 fully saturated rings. The van der Waals surface area contributed by atoms with Crippen molar-refractivity contribution < 1.29 is 4.42 Å². The van der Waals surface area contributed by atoms with Crippen LogP contribution in [0.15, 0.2) is 411 Å². The predicted octanol–water partition coefficient (Wildman–Crippen LogP) is 29.8. The molecule has 0 amide bonds. The lowest BCUT2D eigenvalue weighted by atomic mass is 9.33. The van der Waals surface area contributed by atoms with Gasteiger partial charge in [0.25, 0.3) is 6.71 Å². The first-order valence-electron chi connectivity index (χ1n) is 42.6. The number of anilines is 6. The fourth-order valence-corrected chi connectivity index (χ4v) is 19.8. The molecule has 2 aliphatic rings. The van der Waals surface area contributed by atoms with E-state index in [4.69, 9.17) is 4.42 Å². The van der Waals surface area contributed by atoms with Crippen LogP contribution in [0.1, 0.15) is 52.7 Å². The number of rotatable bonds is 12. The molecule has 0 atom stereocenters. The van der Waals surface area contributed by atoms with Crippen LogP contribution in [0, 0.1) is 0 Å². The van der Waals surface area contributed by atoms with Crippen molar-refractivity contribution in [3.63, 3.8) is 0 Å². The van der Waals surface area contributed by atoms with Crippen LogP contribution in [-0.2, 0) is 10.8 Å². The first-order chi connectivity index (χ1) is 59.8. The predicted molar refractivity (Wildman–Crippen MR) is 517 cm³/mol. The van der Waals surface area contributed by atoms with Gasteiger partial charge < -0.3 is 23.4 Å². The van der Waals surface area contributed by atoms with Crippen LogP contribution in [0.25, 0.3) is 166 Å². The van der Waals surface area contributed by atoms with Crippen molar-refractivity contribution >= 4 is 123 Å². The van der Waals surface area contributed by atoms with Gasteiger partial charge in [-0.05, 0) is 220 Å². The van der Waals surface area contributed by atoms with Gasteiger partial charge in [0.1, 0.15) is 11.2 Å². The highest BCUT2D eigenvalue weighted by molar-refractivity contribution is 7.00. The highest BCUT2D eigenvalue weighted by atomic mass is 16.3. The molecule has 5 nitrogen and oxygen atoms in total. The molecule has 6 heteroatoms. The first kappa shape index (κ1) is 72.3. The molecule has 2 aliphatic heterocycles. The number of furan rings is 1. The summed E-state index contributed by atoms with van der Waals surface area (Å²) in [5, 5.41) is 6.94. The van der Waals surface area contributed by atoms with Gasteiger partial charge in [0.15, 0.2) is 0 Å². The monoisotopic (exact) mass is 1560 g/mol. The highest BCUT2D eigenvalue weighted by Crippen LogP contribution is 2.57. The van der Waals surface area contributed by atoms with E-state index in [1.54, 1.807) is 0 Å². The fourth-order valence-electron chi connectivity index (χ4n) is 19.8. The second-order valence-electron chi connectivity index (χ2n) is 35.1. The Kier molecular flexibility index (Phi) is 16.8. The summed E-state index contributed by atoms with van der Waals surface area (Å²) in [6.07, 6.45) is 0. The van der Waals surface area contributed by atoms with Crippen molar-refractivity contribution in [1.29, 1.82) is 0 Å². The van der Waals surface area contributed by atoms with Crippen LogP contribution in [0.4, 0.5) is 34.1 Å². The van der Waals surface area contributed by atoms with Crippen molar-refractivity contribution in [3.8, 4) is 100 Å². The smallest absolute Gasteiger partial charge is 0.252 e. The van der Waals surface area contributed by atoms with Gasteiger partial charge in [0, 0.05) is 88.7 Å². The molecule has 0 aliphatic carbocycles. The van der Waals surface area contributed by atoms with Gasteiger partial charge in [-0.2, -0.15) is 0 Å². The van der Waals surface area contributed by atoms with E-state index in [1.807, 2.05) is 0 Å². The molecule has 0 bridgehead atoms. The van der Waals surface area contributed by atoms with Crippen molar-refractivity contribution in [1.82, 2.24) is 9.13 Å². The summed E-state index contributed by atoms with van der Waals surface area (Å²) in [5.74, 6) is 0. The average Bonchev–Trinajstić information content (AvgIpc) is 0.822. The standard InChI is InChI=1S/C116H85BN4O/c1-115(2,3)86-55-48-74(49-56-86)83-66-94(76-30-12-7-13-31-76)113(95(67-83)77-32-14-8-15-33-77)120-106-70-82(80-54-63-111-99(65-80)93-43-25-29-47-110(93)122-111)52-60-100(106)117-101-61-59-89(119-102-44-26-22-40-90(102)91-41-23-27-45-103(91)119)73-107(101)121(109-72-85(71-108(120)112(109)117)81-53-62-105-98(64-81)92-42-24-28-46-104(92)118(105)88-38-20-11-21-39-88)114-96(78-34-16-9-17-35-78)68-84(69-97(114)79-36-18-10-19-37-79)75-50-57-87(58-51-75)116(4,5)6/h7-73H,1-6H3. The molecule has 3 aromatic heterocycles. The van der Waals surface area contributed by atoms with Crippen LogP contribution < -0.4 is 26.2 Å². The average molecular weight is 1560 g/mol. The maximum absolute atomic E-state index is 6.62. The Balaban J connectivity index is 0.898. The Morgan fingerprint density at radius 3 is 1.04 bits per heavy atom. The Morgan fingerprint density at radius 2 is 0.557 bits per heavy atom. The third-order valence-electron chi connectivity index (χ3n) is 25.8. The molecule has 0 radical (unpaired) electrons. The zero-order chi connectivity index (χ0) is 81.6. The van der Waals surface area contributed by atoms with E-state index in [0.717, 1.165) is 179 Å². The Hall–Kier alpha value is -15.0. The van der Waals surface area contributed by atoms with Crippen molar-refractivity contribution in [3.05, 3.63) is 418 Å². The lowest BCUT2D eigenvalue weighted by Gasteiger charge is -2.46. The number of para-hydroxylation sites is 5. The zero-order valence-electron chi connectivity index (χ0n) is 69.0. The molecule has 21 aromatic rings. The van der Waals surface area contributed by atoms with E-state index in [1.165, 1.54) is 49.1 Å². The maximum atomic E-state index is 6.62. The normalized spacial score (nSPS) is 12.6. The van der Waals surface area contributed by atoms with Gasteiger partial charge in [-0.3, -0.25) is 0 Å². The summed E-state index contributed by atoms with van der Waals surface area (Å²) in [5.41, 5.74) is 38.8. The van der Waals surface area contributed by atoms with Gasteiger partial charge in [-0.15, -0.1) is 0 Å². The minimum atomic E-state index is -0.332. The van der Waals surface area contributed by atoms with Crippen LogP contribution in [0.3, 0.4) is 0 Å². The molecule has 0 saturated heterocycles. The second-order valence-corrected chi connectivity index (χ2v) is 35.1. The van der Waals surface area contributed by atoms with Crippen LogP contribution in [0.2, 0.25) is 0 Å². The number of hydrogen-bond donors (Lipinski definition) is 0. The minimum Gasteiger partial charge on any atom is -0.456 e. The molecule has 0 N–H and O–H groups in total. The van der Waals surface area contributed by atoms with Crippen molar-refractivity contribution in [2.75, 3.05) is 9.80 Å². The van der Waals surface area contributed by atoms with Crippen LogP contribution >= 0.6 is 0 Å². The Morgan fingerprint density at radius 1 is 0.221 bits per heavy atom. The molecule has 578 valence electrons. The van der Waals surface area contributed by atoms with Gasteiger partial charge >= 0.3 is 0 Å². The Bertz CT molecular complexity index is 7570. The lowest BCUT2D eigenvalue weighted by Crippen LogP contribution is -2.61. The SMILES string of the molecule is CC(C)(C)c1ccc(-c2cc(-c3ccccc3)c(N3c4cc(-c5ccc6oc7ccccc7c6c5)ccc4B4c5ccc(-n6c7ccccc7c7ccccc76)cc5N(c5c(-c6ccccc6)cc(-c6ccc(C(C)(C)C)cc6)cc5-c5ccccc5)c5cc(-c6ccc7c(c6)c6ccccc6n7-c6ccccc6)cc3c54)c(-c3ccccc3)c2)cc1. The maximum Gasteiger partial charge on any atom is 0.252 e. The van der Waals surface area contributed by atoms with Crippen LogP contribution in [0.5, 0.6) is 0 Å². The minimum absolute atomic E-state index is 0.0386. The van der Waals surface area contributed by atoms with Gasteiger partial charge in [0.05, 0.1) is 33.4 Å². The van der Waals surface area contributed by atoms with Gasteiger partial charge in [0.2, 0.25) is 0 Å². The molecule has 0 unspecified atom stereocenters. The second kappa shape index (κ2) is 28.4. The van der Waals surface area contributed by atoms with Crippen molar-refractivity contribution in [2.24, 2.45) is 0 Å². The molecular weight excluding hydrogens is 1480 g/mol. The summed E-state index contributed by atoms with van der Waals surface area (Å²) in [4.78, 5) is 5.45. The summed E-state index contributed by atoms with van der Waals surface area (Å²) in [7, 11) is 0. The fraction of sp³-hybridized carbons (Fsp3) is 0.0690. The molecule has 0 spiro atoms.